The molecular formula is C18H14FN5OS. The fourth-order valence-electron chi connectivity index (χ4n) is 2.62. The second kappa shape index (κ2) is 6.30. The van der Waals surface area contributed by atoms with Crippen molar-refractivity contribution in [3.63, 3.8) is 0 Å². The normalized spacial score (nSPS) is 11.0. The Hall–Kier alpha value is -3.13. The molecule has 0 aliphatic carbocycles. The number of thiazole rings is 1. The van der Waals surface area contributed by atoms with E-state index in [-0.39, 0.29) is 11.7 Å². The molecule has 0 fully saturated rings. The fraction of sp³-hybridized carbons (Fsp3) is 0.111. The number of hydrogen-bond acceptors (Lipinski definition) is 5. The van der Waals surface area contributed by atoms with E-state index in [9.17, 15) is 9.18 Å². The van der Waals surface area contributed by atoms with E-state index in [1.165, 1.54) is 6.07 Å². The van der Waals surface area contributed by atoms with Gasteiger partial charge in [-0.15, -0.1) is 11.3 Å². The number of H-pyrrole nitrogens is 1. The highest BCUT2D eigenvalue weighted by molar-refractivity contribution is 7.17. The number of aromatic amines is 1. The highest BCUT2D eigenvalue weighted by Gasteiger charge is 2.19. The maximum atomic E-state index is 14.0. The molecular weight excluding hydrogens is 353 g/mol. The molecule has 0 aliphatic rings. The summed E-state index contributed by atoms with van der Waals surface area (Å²) in [5, 5.41) is 10.9. The van der Waals surface area contributed by atoms with Crippen LogP contribution in [0.4, 0.5) is 10.2 Å². The third kappa shape index (κ3) is 2.84. The summed E-state index contributed by atoms with van der Waals surface area (Å²) >= 11 is 1.15. The first-order valence-corrected chi connectivity index (χ1v) is 8.70. The zero-order chi connectivity index (χ0) is 18.3. The number of fused-ring (bicyclic) bond motifs is 1. The number of nitrogens with one attached hydrogen (secondary N) is 2. The molecule has 3 aromatic heterocycles. The Morgan fingerprint density at radius 1 is 1.15 bits per heavy atom. The van der Waals surface area contributed by atoms with Crippen LogP contribution in [0.15, 0.2) is 36.4 Å². The standard InChI is InChI=1S/C18H14FN5OS/c1-9-7-8-12-15(20-9)23-24-16(12)22-17(25)14-10(2)21-18(26-14)11-5-3-4-6-13(11)19/h3-8H,1-2H3,(H2,20,22,23,24,25). The Kier molecular flexibility index (Phi) is 3.96. The third-order valence-electron chi connectivity index (χ3n) is 3.90. The number of rotatable bonds is 3. The van der Waals surface area contributed by atoms with Crippen molar-refractivity contribution in [3.05, 3.63) is 58.5 Å². The van der Waals surface area contributed by atoms with Crippen LogP contribution < -0.4 is 5.32 Å². The average Bonchev–Trinajstić information content (AvgIpc) is 3.18. The van der Waals surface area contributed by atoms with E-state index in [4.69, 9.17) is 0 Å². The molecule has 1 aromatic carbocycles. The topological polar surface area (TPSA) is 83.6 Å². The molecule has 0 saturated carbocycles. The van der Waals surface area contributed by atoms with Crippen LogP contribution in [0.1, 0.15) is 21.1 Å². The molecule has 26 heavy (non-hydrogen) atoms. The van der Waals surface area contributed by atoms with Gasteiger partial charge in [-0.1, -0.05) is 12.1 Å². The molecule has 6 nitrogen and oxygen atoms in total. The zero-order valence-electron chi connectivity index (χ0n) is 14.0. The van der Waals surface area contributed by atoms with Crippen molar-refractivity contribution in [1.82, 2.24) is 20.2 Å². The number of aryl methyl sites for hydroxylation is 2. The summed E-state index contributed by atoms with van der Waals surface area (Å²) in [6.45, 7) is 3.60. The lowest BCUT2D eigenvalue weighted by atomic mass is 10.2. The minimum absolute atomic E-state index is 0.337. The van der Waals surface area contributed by atoms with Crippen LogP contribution in [0.25, 0.3) is 21.6 Å². The number of carbonyl (C=O) groups excluding carboxylic acids is 1. The fourth-order valence-corrected chi connectivity index (χ4v) is 3.61. The number of amides is 1. The van der Waals surface area contributed by atoms with Gasteiger partial charge in [0.05, 0.1) is 11.1 Å². The number of carbonyl (C=O) groups is 1. The van der Waals surface area contributed by atoms with Crippen molar-refractivity contribution < 1.29 is 9.18 Å². The average molecular weight is 367 g/mol. The van der Waals surface area contributed by atoms with Gasteiger partial charge in [0.25, 0.3) is 5.91 Å². The van der Waals surface area contributed by atoms with Crippen molar-refractivity contribution in [2.75, 3.05) is 5.32 Å². The van der Waals surface area contributed by atoms with Crippen LogP contribution in [0.5, 0.6) is 0 Å². The summed E-state index contributed by atoms with van der Waals surface area (Å²) < 4.78 is 14.0. The number of aromatic nitrogens is 4. The summed E-state index contributed by atoms with van der Waals surface area (Å²) in [5.41, 5.74) is 2.38. The van der Waals surface area contributed by atoms with Crippen LogP contribution in [-0.4, -0.2) is 26.1 Å². The van der Waals surface area contributed by atoms with E-state index in [0.29, 0.717) is 32.6 Å². The SMILES string of the molecule is Cc1ccc2c(NC(=O)c3sc(-c4ccccc4F)nc3C)n[nH]c2n1. The molecule has 2 N–H and O–H groups in total. The first-order chi connectivity index (χ1) is 12.5. The maximum absolute atomic E-state index is 14.0. The lowest BCUT2D eigenvalue weighted by Crippen LogP contribution is -2.12. The Morgan fingerprint density at radius 2 is 1.96 bits per heavy atom. The highest BCUT2D eigenvalue weighted by atomic mass is 32.1. The minimum Gasteiger partial charge on any atom is -0.304 e. The van der Waals surface area contributed by atoms with Crippen molar-refractivity contribution in [2.45, 2.75) is 13.8 Å². The van der Waals surface area contributed by atoms with Gasteiger partial charge < -0.3 is 5.32 Å². The van der Waals surface area contributed by atoms with Crippen molar-refractivity contribution in [2.24, 2.45) is 0 Å². The molecule has 0 bridgehead atoms. The van der Waals surface area contributed by atoms with E-state index in [1.54, 1.807) is 25.1 Å². The van der Waals surface area contributed by atoms with E-state index in [1.807, 2.05) is 19.1 Å². The van der Waals surface area contributed by atoms with Crippen molar-refractivity contribution in [3.8, 4) is 10.6 Å². The Morgan fingerprint density at radius 3 is 2.77 bits per heavy atom. The number of nitrogens with zero attached hydrogens (tertiary/aromatic N) is 3. The van der Waals surface area contributed by atoms with E-state index in [0.717, 1.165) is 22.4 Å². The van der Waals surface area contributed by atoms with Gasteiger partial charge in [-0.3, -0.25) is 9.89 Å². The number of hydrogen-bond donors (Lipinski definition) is 2. The summed E-state index contributed by atoms with van der Waals surface area (Å²) in [7, 11) is 0. The van der Waals surface area contributed by atoms with Gasteiger partial charge in [0.15, 0.2) is 11.5 Å². The molecule has 0 saturated heterocycles. The van der Waals surface area contributed by atoms with Crippen LogP contribution in [-0.2, 0) is 0 Å². The van der Waals surface area contributed by atoms with E-state index < -0.39 is 0 Å². The lowest BCUT2D eigenvalue weighted by molar-refractivity contribution is 0.102. The zero-order valence-corrected chi connectivity index (χ0v) is 14.8. The molecule has 4 rings (SSSR count). The predicted octanol–water partition coefficient (Wildman–Crippen LogP) is 4.09. The van der Waals surface area contributed by atoms with Crippen molar-refractivity contribution >= 4 is 34.1 Å². The van der Waals surface area contributed by atoms with Gasteiger partial charge in [-0.25, -0.2) is 14.4 Å². The minimum atomic E-state index is -0.368. The molecule has 0 atom stereocenters. The molecule has 3 heterocycles. The van der Waals surface area contributed by atoms with E-state index >= 15 is 0 Å². The molecule has 0 spiro atoms. The third-order valence-corrected chi connectivity index (χ3v) is 5.09. The smallest absolute Gasteiger partial charge is 0.268 e. The van der Waals surface area contributed by atoms with Gasteiger partial charge in [-0.2, -0.15) is 5.10 Å². The number of anilines is 1. The predicted molar refractivity (Wildman–Crippen MR) is 98.8 cm³/mol. The summed E-state index contributed by atoms with van der Waals surface area (Å²) in [6.07, 6.45) is 0. The number of benzene rings is 1. The molecule has 8 heteroatoms. The first-order valence-electron chi connectivity index (χ1n) is 7.88. The van der Waals surface area contributed by atoms with Gasteiger partial charge >= 0.3 is 0 Å². The maximum Gasteiger partial charge on any atom is 0.268 e. The number of pyridine rings is 1. The van der Waals surface area contributed by atoms with Crippen LogP contribution in [0, 0.1) is 19.7 Å². The van der Waals surface area contributed by atoms with Gasteiger partial charge in [0.2, 0.25) is 0 Å². The largest absolute Gasteiger partial charge is 0.304 e. The quantitative estimate of drug-likeness (QED) is 0.571. The van der Waals surface area contributed by atoms with E-state index in [2.05, 4.69) is 25.5 Å². The second-order valence-corrected chi connectivity index (χ2v) is 6.79. The Bertz CT molecular complexity index is 1130. The van der Waals surface area contributed by atoms with Gasteiger partial charge in [-0.05, 0) is 38.1 Å². The van der Waals surface area contributed by atoms with Gasteiger partial charge in [0.1, 0.15) is 15.7 Å². The van der Waals surface area contributed by atoms with Crippen LogP contribution in [0.2, 0.25) is 0 Å². The lowest BCUT2D eigenvalue weighted by Gasteiger charge is -2.01. The Balaban J connectivity index is 1.65. The monoisotopic (exact) mass is 367 g/mol. The molecule has 0 aliphatic heterocycles. The summed E-state index contributed by atoms with van der Waals surface area (Å²) in [5.74, 6) is -0.303. The summed E-state index contributed by atoms with van der Waals surface area (Å²) in [4.78, 5) is 21.8. The molecule has 4 aromatic rings. The van der Waals surface area contributed by atoms with Crippen LogP contribution >= 0.6 is 11.3 Å². The molecule has 130 valence electrons. The van der Waals surface area contributed by atoms with Crippen molar-refractivity contribution in [1.29, 1.82) is 0 Å². The molecule has 0 radical (unpaired) electrons. The van der Waals surface area contributed by atoms with Crippen LogP contribution in [0.3, 0.4) is 0 Å². The number of halogens is 1. The highest BCUT2D eigenvalue weighted by Crippen LogP contribution is 2.30. The Labute approximate surface area is 152 Å². The van der Waals surface area contributed by atoms with Gasteiger partial charge in [0, 0.05) is 11.3 Å². The first kappa shape index (κ1) is 16.3. The second-order valence-electron chi connectivity index (χ2n) is 5.79. The molecule has 0 unspecified atom stereocenters. The summed E-state index contributed by atoms with van der Waals surface area (Å²) in [6, 6.07) is 10.1. The molecule has 1 amide bonds.